The topological polar surface area (TPSA) is 33.1 Å². The summed E-state index contributed by atoms with van der Waals surface area (Å²) in [5.74, 6) is 0.617. The van der Waals surface area contributed by atoms with Crippen molar-refractivity contribution >= 4 is 11.3 Å². The minimum Gasteiger partial charge on any atom is -0.393 e. The first kappa shape index (κ1) is 11.7. The molecule has 2 atom stereocenters. The van der Waals surface area contributed by atoms with Crippen molar-refractivity contribution in [3.8, 4) is 0 Å². The Labute approximate surface area is 90.0 Å². The van der Waals surface area contributed by atoms with Crippen LogP contribution in [0.4, 0.5) is 0 Å². The van der Waals surface area contributed by atoms with Crippen LogP contribution in [0, 0.1) is 5.92 Å². The Balaban J connectivity index is 2.88. The van der Waals surface area contributed by atoms with Crippen molar-refractivity contribution < 1.29 is 5.11 Å². The van der Waals surface area contributed by atoms with Gasteiger partial charge in [-0.3, -0.25) is 0 Å². The van der Waals surface area contributed by atoms with Crippen LogP contribution in [-0.4, -0.2) is 16.2 Å². The second kappa shape index (κ2) is 4.89. The highest BCUT2D eigenvalue weighted by atomic mass is 32.1. The summed E-state index contributed by atoms with van der Waals surface area (Å²) in [5.41, 5.74) is 1.14. The Morgan fingerprint density at radius 1 is 1.43 bits per heavy atom. The Hall–Kier alpha value is -0.410. The van der Waals surface area contributed by atoms with E-state index in [0.29, 0.717) is 5.92 Å². The molecule has 1 N–H and O–H groups in total. The molecule has 14 heavy (non-hydrogen) atoms. The second-order valence-electron chi connectivity index (χ2n) is 4.04. The molecule has 0 aliphatic heterocycles. The molecule has 1 aromatic rings. The van der Waals surface area contributed by atoms with Crippen molar-refractivity contribution in [1.29, 1.82) is 0 Å². The fourth-order valence-corrected chi connectivity index (χ4v) is 2.96. The summed E-state index contributed by atoms with van der Waals surface area (Å²) in [5, 5.41) is 12.9. The average Bonchev–Trinajstić information content (AvgIpc) is 2.51. The molecule has 0 bridgehead atoms. The van der Waals surface area contributed by atoms with Gasteiger partial charge in [0.2, 0.25) is 0 Å². The van der Waals surface area contributed by atoms with Crippen LogP contribution in [0.25, 0.3) is 0 Å². The highest BCUT2D eigenvalue weighted by molar-refractivity contribution is 7.09. The molecule has 0 radical (unpaired) electrons. The highest BCUT2D eigenvalue weighted by Gasteiger charge is 2.23. The minimum absolute atomic E-state index is 0.181. The van der Waals surface area contributed by atoms with E-state index in [-0.39, 0.29) is 12.0 Å². The van der Waals surface area contributed by atoms with E-state index in [1.807, 2.05) is 6.92 Å². The predicted octanol–water partition coefficient (Wildman–Crippen LogP) is 2.83. The first-order valence-corrected chi connectivity index (χ1v) is 6.06. The summed E-state index contributed by atoms with van der Waals surface area (Å²) in [6.45, 7) is 8.21. The third kappa shape index (κ3) is 2.55. The summed E-state index contributed by atoms with van der Waals surface area (Å²) < 4.78 is 0. The lowest BCUT2D eigenvalue weighted by Crippen LogP contribution is -2.19. The predicted molar refractivity (Wildman–Crippen MR) is 60.8 cm³/mol. The maximum Gasteiger partial charge on any atom is 0.0987 e. The lowest BCUT2D eigenvalue weighted by atomic mass is 9.92. The average molecular weight is 213 g/mol. The van der Waals surface area contributed by atoms with E-state index in [4.69, 9.17) is 0 Å². The summed E-state index contributed by atoms with van der Waals surface area (Å²) >= 11 is 1.67. The van der Waals surface area contributed by atoms with Crippen LogP contribution >= 0.6 is 11.3 Å². The Morgan fingerprint density at radius 3 is 2.43 bits per heavy atom. The van der Waals surface area contributed by atoms with E-state index in [9.17, 15) is 5.11 Å². The molecule has 80 valence electrons. The molecule has 0 saturated heterocycles. The number of nitrogens with zero attached hydrogens (tertiary/aromatic N) is 1. The number of thiazole rings is 1. The van der Waals surface area contributed by atoms with Gasteiger partial charge in [-0.2, -0.15) is 0 Å². The monoisotopic (exact) mass is 213 g/mol. The molecule has 0 amide bonds. The van der Waals surface area contributed by atoms with Gasteiger partial charge in [0, 0.05) is 11.3 Å². The van der Waals surface area contributed by atoms with Gasteiger partial charge in [-0.25, -0.2) is 4.98 Å². The molecular weight excluding hydrogens is 194 g/mol. The van der Waals surface area contributed by atoms with Gasteiger partial charge in [-0.1, -0.05) is 20.8 Å². The molecule has 1 heterocycles. The normalized spacial score (nSPS) is 15.9. The lowest BCUT2D eigenvalue weighted by molar-refractivity contribution is 0.140. The fraction of sp³-hybridized carbons (Fsp3) is 0.727. The van der Waals surface area contributed by atoms with Gasteiger partial charge in [0.1, 0.15) is 0 Å². The largest absolute Gasteiger partial charge is 0.393 e. The Bertz CT molecular complexity index is 273. The summed E-state index contributed by atoms with van der Waals surface area (Å²) in [6.07, 6.45) is 0.659. The molecule has 1 rings (SSSR count). The van der Waals surface area contributed by atoms with E-state index in [0.717, 1.165) is 17.1 Å². The van der Waals surface area contributed by atoms with Crippen molar-refractivity contribution in [2.45, 2.75) is 46.1 Å². The Kier molecular flexibility index (Phi) is 4.08. The molecule has 0 saturated carbocycles. The van der Waals surface area contributed by atoms with Gasteiger partial charge >= 0.3 is 0 Å². The van der Waals surface area contributed by atoms with Gasteiger partial charge in [-0.05, 0) is 19.3 Å². The van der Waals surface area contributed by atoms with Crippen LogP contribution < -0.4 is 0 Å². The van der Waals surface area contributed by atoms with Gasteiger partial charge < -0.3 is 5.11 Å². The third-order valence-corrected chi connectivity index (χ3v) is 3.45. The van der Waals surface area contributed by atoms with E-state index >= 15 is 0 Å². The zero-order valence-corrected chi connectivity index (χ0v) is 10.1. The van der Waals surface area contributed by atoms with E-state index < -0.39 is 0 Å². The number of rotatable bonds is 4. The number of aliphatic hydroxyl groups excluding tert-OH is 1. The van der Waals surface area contributed by atoms with Crippen molar-refractivity contribution in [2.24, 2.45) is 5.92 Å². The van der Waals surface area contributed by atoms with Crippen LogP contribution in [0.3, 0.4) is 0 Å². The lowest BCUT2D eigenvalue weighted by Gasteiger charge is -2.21. The van der Waals surface area contributed by atoms with Crippen LogP contribution in [0.2, 0.25) is 0 Å². The van der Waals surface area contributed by atoms with Crippen molar-refractivity contribution in [2.75, 3.05) is 0 Å². The van der Waals surface area contributed by atoms with Gasteiger partial charge in [0.15, 0.2) is 0 Å². The van der Waals surface area contributed by atoms with E-state index in [1.54, 1.807) is 11.3 Å². The molecule has 0 fully saturated rings. The molecular formula is C11H19NOS. The first-order chi connectivity index (χ1) is 6.56. The molecule has 2 unspecified atom stereocenters. The van der Waals surface area contributed by atoms with Crippen LogP contribution in [-0.2, 0) is 6.42 Å². The number of hydrogen-bond donors (Lipinski definition) is 1. The van der Waals surface area contributed by atoms with Crippen molar-refractivity contribution in [1.82, 2.24) is 4.98 Å². The smallest absolute Gasteiger partial charge is 0.0987 e. The molecule has 0 spiro atoms. The summed E-state index contributed by atoms with van der Waals surface area (Å²) in [4.78, 5) is 4.53. The zero-order chi connectivity index (χ0) is 10.7. The van der Waals surface area contributed by atoms with Crippen LogP contribution in [0.15, 0.2) is 5.38 Å². The van der Waals surface area contributed by atoms with Crippen molar-refractivity contribution in [3.63, 3.8) is 0 Å². The van der Waals surface area contributed by atoms with Gasteiger partial charge in [0.05, 0.1) is 16.8 Å². The van der Waals surface area contributed by atoms with Crippen LogP contribution in [0.1, 0.15) is 44.3 Å². The number of aromatic nitrogens is 1. The molecule has 3 heteroatoms. The SMILES string of the molecule is CCc1csc(C(C(C)C)C(C)O)n1. The standard InChI is InChI=1S/C11H19NOS/c1-5-9-6-14-11(12-9)10(7(2)3)8(4)13/h6-8,10,13H,5H2,1-4H3. The number of aliphatic hydroxyl groups is 1. The Morgan fingerprint density at radius 2 is 2.07 bits per heavy atom. The molecule has 2 nitrogen and oxygen atoms in total. The molecule has 1 aromatic heterocycles. The second-order valence-corrected chi connectivity index (χ2v) is 4.93. The van der Waals surface area contributed by atoms with Crippen molar-refractivity contribution in [3.05, 3.63) is 16.1 Å². The van der Waals surface area contributed by atoms with E-state index in [2.05, 4.69) is 31.1 Å². The van der Waals surface area contributed by atoms with Gasteiger partial charge in [0.25, 0.3) is 0 Å². The fourth-order valence-electron chi connectivity index (χ4n) is 1.69. The third-order valence-electron chi connectivity index (χ3n) is 2.45. The first-order valence-electron chi connectivity index (χ1n) is 5.18. The number of aryl methyl sites for hydroxylation is 1. The maximum absolute atomic E-state index is 9.68. The van der Waals surface area contributed by atoms with Crippen LogP contribution in [0.5, 0.6) is 0 Å². The molecule has 0 aromatic carbocycles. The summed E-state index contributed by atoms with van der Waals surface area (Å²) in [6, 6.07) is 0. The summed E-state index contributed by atoms with van der Waals surface area (Å²) in [7, 11) is 0. The number of hydrogen-bond acceptors (Lipinski definition) is 3. The molecule has 0 aliphatic carbocycles. The van der Waals surface area contributed by atoms with Gasteiger partial charge in [-0.15, -0.1) is 11.3 Å². The molecule has 0 aliphatic rings. The quantitative estimate of drug-likeness (QED) is 0.834. The minimum atomic E-state index is -0.314. The zero-order valence-electron chi connectivity index (χ0n) is 9.32. The van der Waals surface area contributed by atoms with E-state index in [1.165, 1.54) is 0 Å². The maximum atomic E-state index is 9.68. The highest BCUT2D eigenvalue weighted by Crippen LogP contribution is 2.30.